The molecule has 0 spiro atoms. The van der Waals surface area contributed by atoms with Crippen molar-refractivity contribution in [2.24, 2.45) is 0 Å². The molecule has 1 aliphatic heterocycles. The van der Waals surface area contributed by atoms with Crippen molar-refractivity contribution in [3.63, 3.8) is 0 Å². The third-order valence-electron chi connectivity index (χ3n) is 3.10. The summed E-state index contributed by atoms with van der Waals surface area (Å²) in [6.45, 7) is 1.96. The first-order chi connectivity index (χ1) is 9.10. The van der Waals surface area contributed by atoms with Gasteiger partial charge in [0.05, 0.1) is 18.8 Å². The average molecular weight is 263 g/mol. The van der Waals surface area contributed by atoms with Crippen molar-refractivity contribution in [2.45, 2.75) is 32.0 Å². The molecule has 1 N–H and O–H groups in total. The summed E-state index contributed by atoms with van der Waals surface area (Å²) in [7, 11) is 1.33. The highest BCUT2D eigenvalue weighted by molar-refractivity contribution is 5.95. The predicted molar refractivity (Wildman–Crippen MR) is 70.0 cm³/mol. The summed E-state index contributed by atoms with van der Waals surface area (Å²) >= 11 is 0. The largest absolute Gasteiger partial charge is 0.465 e. The second-order valence-electron chi connectivity index (χ2n) is 4.57. The van der Waals surface area contributed by atoms with E-state index in [0.29, 0.717) is 11.3 Å². The Labute approximate surface area is 111 Å². The Bertz CT molecular complexity index is 469. The van der Waals surface area contributed by atoms with E-state index in [-0.39, 0.29) is 18.1 Å². The molecule has 2 unspecified atom stereocenters. The number of anilines is 1. The number of rotatable bonds is 3. The van der Waals surface area contributed by atoms with E-state index in [2.05, 4.69) is 10.1 Å². The highest BCUT2D eigenvalue weighted by Gasteiger charge is 2.28. The molecule has 0 aromatic heterocycles. The molecule has 1 aromatic rings. The summed E-state index contributed by atoms with van der Waals surface area (Å²) in [5, 5.41) is 2.77. The maximum atomic E-state index is 11.9. The molecule has 0 bridgehead atoms. The first-order valence-corrected chi connectivity index (χ1v) is 6.25. The van der Waals surface area contributed by atoms with Crippen LogP contribution >= 0.6 is 0 Å². The van der Waals surface area contributed by atoms with Gasteiger partial charge in [-0.25, -0.2) is 4.79 Å². The summed E-state index contributed by atoms with van der Waals surface area (Å²) in [4.78, 5) is 23.2. The molecule has 1 saturated heterocycles. The molecule has 0 saturated carbocycles. The minimum absolute atomic E-state index is 0.137. The zero-order valence-electron chi connectivity index (χ0n) is 11.0. The number of methoxy groups -OCH3 is 1. The van der Waals surface area contributed by atoms with E-state index in [1.54, 1.807) is 24.3 Å². The highest BCUT2D eigenvalue weighted by Crippen LogP contribution is 2.20. The van der Waals surface area contributed by atoms with Crippen molar-refractivity contribution in [3.05, 3.63) is 29.8 Å². The standard InChI is InChI=1S/C14H17NO4/c1-9-3-8-12(19-9)13(16)15-11-6-4-10(5-7-11)14(17)18-2/h4-7,9,12H,3,8H2,1-2H3,(H,15,16). The van der Waals surface area contributed by atoms with Crippen LogP contribution in [0.25, 0.3) is 0 Å². The van der Waals surface area contributed by atoms with E-state index in [0.717, 1.165) is 12.8 Å². The van der Waals surface area contributed by atoms with E-state index >= 15 is 0 Å². The number of nitrogens with one attached hydrogen (secondary N) is 1. The first-order valence-electron chi connectivity index (χ1n) is 6.25. The van der Waals surface area contributed by atoms with Gasteiger partial charge in [0.15, 0.2) is 0 Å². The van der Waals surface area contributed by atoms with E-state index in [1.165, 1.54) is 7.11 Å². The minimum Gasteiger partial charge on any atom is -0.465 e. The highest BCUT2D eigenvalue weighted by atomic mass is 16.5. The van der Waals surface area contributed by atoms with E-state index in [9.17, 15) is 9.59 Å². The van der Waals surface area contributed by atoms with Gasteiger partial charge in [-0.2, -0.15) is 0 Å². The van der Waals surface area contributed by atoms with Gasteiger partial charge in [-0.05, 0) is 44.0 Å². The number of hydrogen-bond acceptors (Lipinski definition) is 4. The molecular formula is C14H17NO4. The lowest BCUT2D eigenvalue weighted by atomic mass is 10.2. The number of ether oxygens (including phenoxy) is 2. The third kappa shape index (κ3) is 3.32. The SMILES string of the molecule is COC(=O)c1ccc(NC(=O)C2CCC(C)O2)cc1. The fourth-order valence-electron chi connectivity index (χ4n) is 2.03. The van der Waals surface area contributed by atoms with Crippen LogP contribution in [0.1, 0.15) is 30.1 Å². The van der Waals surface area contributed by atoms with Crippen LogP contribution in [0.15, 0.2) is 24.3 Å². The molecule has 1 fully saturated rings. The smallest absolute Gasteiger partial charge is 0.337 e. The quantitative estimate of drug-likeness (QED) is 0.847. The van der Waals surface area contributed by atoms with Crippen LogP contribution in [-0.2, 0) is 14.3 Å². The van der Waals surface area contributed by atoms with Gasteiger partial charge >= 0.3 is 5.97 Å². The summed E-state index contributed by atoms with van der Waals surface area (Å²) in [5.41, 5.74) is 1.09. The van der Waals surface area contributed by atoms with Crippen LogP contribution in [0.2, 0.25) is 0 Å². The zero-order chi connectivity index (χ0) is 13.8. The summed E-state index contributed by atoms with van der Waals surface area (Å²) in [5.74, 6) is -0.541. The van der Waals surface area contributed by atoms with Crippen LogP contribution in [0.4, 0.5) is 5.69 Å². The van der Waals surface area contributed by atoms with Crippen molar-refractivity contribution in [1.82, 2.24) is 0 Å². The number of amides is 1. The molecule has 5 nitrogen and oxygen atoms in total. The Morgan fingerprint density at radius 2 is 1.95 bits per heavy atom. The monoisotopic (exact) mass is 263 g/mol. The number of hydrogen-bond donors (Lipinski definition) is 1. The van der Waals surface area contributed by atoms with Crippen molar-refractivity contribution in [1.29, 1.82) is 0 Å². The van der Waals surface area contributed by atoms with Gasteiger partial charge in [-0.1, -0.05) is 0 Å². The molecule has 1 amide bonds. The van der Waals surface area contributed by atoms with Crippen molar-refractivity contribution in [2.75, 3.05) is 12.4 Å². The second kappa shape index (κ2) is 5.84. The van der Waals surface area contributed by atoms with Crippen LogP contribution in [0, 0.1) is 0 Å². The fraction of sp³-hybridized carbons (Fsp3) is 0.429. The molecule has 0 aliphatic carbocycles. The average Bonchev–Trinajstić information content (AvgIpc) is 2.85. The lowest BCUT2D eigenvalue weighted by Crippen LogP contribution is -2.27. The van der Waals surface area contributed by atoms with Crippen molar-refractivity contribution >= 4 is 17.6 Å². The van der Waals surface area contributed by atoms with Gasteiger partial charge in [0.1, 0.15) is 6.10 Å². The minimum atomic E-state index is -0.397. The molecule has 5 heteroatoms. The van der Waals surface area contributed by atoms with E-state index < -0.39 is 5.97 Å². The molecular weight excluding hydrogens is 246 g/mol. The van der Waals surface area contributed by atoms with Gasteiger partial charge in [-0.3, -0.25) is 4.79 Å². The summed E-state index contributed by atoms with van der Waals surface area (Å²) < 4.78 is 10.1. The third-order valence-corrected chi connectivity index (χ3v) is 3.10. The lowest BCUT2D eigenvalue weighted by molar-refractivity contribution is -0.126. The summed E-state index contributed by atoms with van der Waals surface area (Å²) in [6.07, 6.45) is 1.40. The first kappa shape index (κ1) is 13.5. The Balaban J connectivity index is 1.96. The molecule has 102 valence electrons. The number of esters is 1. The lowest BCUT2D eigenvalue weighted by Gasteiger charge is -2.11. The Kier molecular flexibility index (Phi) is 4.16. The Hall–Kier alpha value is -1.88. The van der Waals surface area contributed by atoms with E-state index in [4.69, 9.17) is 4.74 Å². The summed E-state index contributed by atoms with van der Waals surface area (Å²) in [6, 6.07) is 6.56. The number of benzene rings is 1. The Morgan fingerprint density at radius 3 is 2.47 bits per heavy atom. The molecule has 1 aliphatic rings. The zero-order valence-corrected chi connectivity index (χ0v) is 11.0. The van der Waals surface area contributed by atoms with Gasteiger partial charge in [-0.15, -0.1) is 0 Å². The van der Waals surface area contributed by atoms with Gasteiger partial charge in [0.25, 0.3) is 5.91 Å². The van der Waals surface area contributed by atoms with E-state index in [1.807, 2.05) is 6.92 Å². The van der Waals surface area contributed by atoms with Crippen LogP contribution in [0.3, 0.4) is 0 Å². The second-order valence-corrected chi connectivity index (χ2v) is 4.57. The maximum Gasteiger partial charge on any atom is 0.337 e. The van der Waals surface area contributed by atoms with Crippen LogP contribution < -0.4 is 5.32 Å². The van der Waals surface area contributed by atoms with Gasteiger partial charge in [0.2, 0.25) is 0 Å². The van der Waals surface area contributed by atoms with Gasteiger partial charge in [0, 0.05) is 5.69 Å². The van der Waals surface area contributed by atoms with Crippen molar-refractivity contribution < 1.29 is 19.1 Å². The molecule has 2 atom stereocenters. The van der Waals surface area contributed by atoms with Gasteiger partial charge < -0.3 is 14.8 Å². The van der Waals surface area contributed by atoms with Crippen LogP contribution in [0.5, 0.6) is 0 Å². The van der Waals surface area contributed by atoms with Crippen molar-refractivity contribution in [3.8, 4) is 0 Å². The molecule has 2 rings (SSSR count). The number of carbonyl (C=O) groups excluding carboxylic acids is 2. The molecule has 0 radical (unpaired) electrons. The Morgan fingerprint density at radius 1 is 1.26 bits per heavy atom. The fourth-order valence-corrected chi connectivity index (χ4v) is 2.03. The topological polar surface area (TPSA) is 64.6 Å². The maximum absolute atomic E-state index is 11.9. The number of carbonyl (C=O) groups is 2. The molecule has 19 heavy (non-hydrogen) atoms. The predicted octanol–water partition coefficient (Wildman–Crippen LogP) is 1.98. The normalized spacial score (nSPS) is 22.0. The molecule has 1 aromatic carbocycles. The van der Waals surface area contributed by atoms with Crippen LogP contribution in [-0.4, -0.2) is 31.2 Å². The molecule has 1 heterocycles.